The van der Waals surface area contributed by atoms with Gasteiger partial charge in [-0.3, -0.25) is 9.59 Å². The normalized spacial score (nSPS) is 10.7. The second-order valence-electron chi connectivity index (χ2n) is 6.90. The maximum Gasteiger partial charge on any atom is 0.242 e. The zero-order valence-electron chi connectivity index (χ0n) is 16.1. The van der Waals surface area contributed by atoms with E-state index >= 15 is 0 Å². The second kappa shape index (κ2) is 9.18. The van der Waals surface area contributed by atoms with E-state index in [1.165, 1.54) is 6.92 Å². The number of benzene rings is 2. The van der Waals surface area contributed by atoms with Crippen LogP contribution in [-0.2, 0) is 22.7 Å². The van der Waals surface area contributed by atoms with Gasteiger partial charge < -0.3 is 9.80 Å². The van der Waals surface area contributed by atoms with Gasteiger partial charge in [-0.2, -0.15) is 0 Å². The summed E-state index contributed by atoms with van der Waals surface area (Å²) in [6, 6.07) is 17.9. The van der Waals surface area contributed by atoms with Crippen molar-refractivity contribution in [2.45, 2.75) is 46.8 Å². The van der Waals surface area contributed by atoms with Gasteiger partial charge in [-0.15, -0.1) is 0 Å². The van der Waals surface area contributed by atoms with Crippen LogP contribution in [-0.4, -0.2) is 34.2 Å². The van der Waals surface area contributed by atoms with Crippen molar-refractivity contribution in [3.63, 3.8) is 0 Å². The molecular weight excluding hydrogens is 324 g/mol. The zero-order chi connectivity index (χ0) is 19.1. The molecule has 4 nitrogen and oxygen atoms in total. The minimum Gasteiger partial charge on any atom is -0.334 e. The highest BCUT2D eigenvalue weighted by Gasteiger charge is 2.22. The van der Waals surface area contributed by atoms with Crippen molar-refractivity contribution in [3.05, 3.63) is 71.3 Å². The number of carbonyl (C=O) groups is 2. The first kappa shape index (κ1) is 19.7. The number of aryl methyl sites for hydroxylation is 1. The zero-order valence-corrected chi connectivity index (χ0v) is 16.1. The predicted molar refractivity (Wildman–Crippen MR) is 104 cm³/mol. The molecular formula is C22H28N2O2. The number of hydrogen-bond donors (Lipinski definition) is 0. The van der Waals surface area contributed by atoms with Crippen LogP contribution in [0, 0.1) is 6.92 Å². The number of hydrogen-bond acceptors (Lipinski definition) is 2. The number of nitrogens with zero attached hydrogens (tertiary/aromatic N) is 2. The van der Waals surface area contributed by atoms with Crippen LogP contribution < -0.4 is 0 Å². The molecule has 0 radical (unpaired) electrons. The average molecular weight is 352 g/mol. The van der Waals surface area contributed by atoms with Crippen LogP contribution in [0.3, 0.4) is 0 Å². The van der Waals surface area contributed by atoms with Gasteiger partial charge in [-0.05, 0) is 37.5 Å². The highest BCUT2D eigenvalue weighted by atomic mass is 16.2. The lowest BCUT2D eigenvalue weighted by Gasteiger charge is -2.30. The maximum absolute atomic E-state index is 12.9. The van der Waals surface area contributed by atoms with Crippen molar-refractivity contribution >= 4 is 11.8 Å². The van der Waals surface area contributed by atoms with Gasteiger partial charge in [0, 0.05) is 26.1 Å². The summed E-state index contributed by atoms with van der Waals surface area (Å²) >= 11 is 0. The van der Waals surface area contributed by atoms with E-state index in [1.807, 2.05) is 80.3 Å². The predicted octanol–water partition coefficient (Wildman–Crippen LogP) is 3.78. The summed E-state index contributed by atoms with van der Waals surface area (Å²) < 4.78 is 0. The molecule has 0 heterocycles. The van der Waals surface area contributed by atoms with E-state index in [1.54, 1.807) is 4.90 Å². The first-order valence-corrected chi connectivity index (χ1v) is 9.02. The van der Waals surface area contributed by atoms with Crippen LogP contribution in [0.25, 0.3) is 0 Å². The van der Waals surface area contributed by atoms with Crippen LogP contribution in [0.4, 0.5) is 0 Å². The molecule has 0 spiro atoms. The quantitative estimate of drug-likeness (QED) is 0.761. The molecule has 0 aliphatic rings. The molecule has 0 unspecified atom stereocenters. The summed E-state index contributed by atoms with van der Waals surface area (Å²) in [5, 5.41) is 0. The highest BCUT2D eigenvalue weighted by molar-refractivity contribution is 5.84. The van der Waals surface area contributed by atoms with Crippen LogP contribution in [0.5, 0.6) is 0 Å². The summed E-state index contributed by atoms with van der Waals surface area (Å²) in [6.45, 7) is 8.63. The summed E-state index contributed by atoms with van der Waals surface area (Å²) in [7, 11) is 0. The van der Waals surface area contributed by atoms with Gasteiger partial charge in [0.2, 0.25) is 11.8 Å². The van der Waals surface area contributed by atoms with E-state index in [4.69, 9.17) is 0 Å². The van der Waals surface area contributed by atoms with E-state index in [0.29, 0.717) is 13.1 Å². The number of rotatable bonds is 7. The third-order valence-electron chi connectivity index (χ3n) is 4.53. The highest BCUT2D eigenvalue weighted by Crippen LogP contribution is 2.13. The molecule has 0 saturated carbocycles. The molecule has 0 atom stereocenters. The minimum atomic E-state index is -0.0926. The van der Waals surface area contributed by atoms with Crippen LogP contribution in [0.1, 0.15) is 37.5 Å². The molecule has 2 aromatic rings. The molecule has 138 valence electrons. The Morgan fingerprint density at radius 2 is 1.54 bits per heavy atom. The largest absolute Gasteiger partial charge is 0.334 e. The molecule has 0 N–H and O–H groups in total. The third kappa shape index (κ3) is 5.45. The Morgan fingerprint density at radius 3 is 2.12 bits per heavy atom. The van der Waals surface area contributed by atoms with Crippen molar-refractivity contribution in [3.8, 4) is 0 Å². The van der Waals surface area contributed by atoms with Gasteiger partial charge in [-0.25, -0.2) is 0 Å². The monoisotopic (exact) mass is 352 g/mol. The van der Waals surface area contributed by atoms with E-state index in [2.05, 4.69) is 0 Å². The van der Waals surface area contributed by atoms with E-state index < -0.39 is 0 Å². The summed E-state index contributed by atoms with van der Waals surface area (Å²) in [5.74, 6) is -0.127. The van der Waals surface area contributed by atoms with E-state index in [-0.39, 0.29) is 24.4 Å². The Labute approximate surface area is 156 Å². The Bertz CT molecular complexity index is 741. The lowest BCUT2D eigenvalue weighted by molar-refractivity contribution is -0.141. The number of carbonyl (C=O) groups excluding carboxylic acids is 2. The van der Waals surface area contributed by atoms with Crippen LogP contribution in [0.15, 0.2) is 54.6 Å². The molecule has 2 rings (SSSR count). The van der Waals surface area contributed by atoms with Crippen LogP contribution >= 0.6 is 0 Å². The summed E-state index contributed by atoms with van der Waals surface area (Å²) in [5.41, 5.74) is 3.27. The van der Waals surface area contributed by atoms with Crippen molar-refractivity contribution in [1.82, 2.24) is 9.80 Å². The van der Waals surface area contributed by atoms with E-state index in [0.717, 1.165) is 16.7 Å². The average Bonchev–Trinajstić information content (AvgIpc) is 2.61. The SMILES string of the molecule is CC(=O)N(CC(=O)N(Cc1ccccc1)C(C)C)Cc1ccccc1C. The van der Waals surface area contributed by atoms with Gasteiger partial charge >= 0.3 is 0 Å². The minimum absolute atomic E-state index is 0.0346. The van der Waals surface area contributed by atoms with Crippen molar-refractivity contribution in [2.24, 2.45) is 0 Å². The van der Waals surface area contributed by atoms with Crippen molar-refractivity contribution < 1.29 is 9.59 Å². The third-order valence-corrected chi connectivity index (χ3v) is 4.53. The smallest absolute Gasteiger partial charge is 0.242 e. The molecule has 0 saturated heterocycles. The fraction of sp³-hybridized carbons (Fsp3) is 0.364. The Morgan fingerprint density at radius 1 is 0.923 bits per heavy atom. The fourth-order valence-corrected chi connectivity index (χ4v) is 2.86. The van der Waals surface area contributed by atoms with Crippen molar-refractivity contribution in [2.75, 3.05) is 6.54 Å². The molecule has 0 fully saturated rings. The summed E-state index contributed by atoms with van der Waals surface area (Å²) in [6.07, 6.45) is 0. The molecule has 0 bridgehead atoms. The van der Waals surface area contributed by atoms with Gasteiger partial charge in [-0.1, -0.05) is 54.6 Å². The number of amides is 2. The Balaban J connectivity index is 2.11. The Hall–Kier alpha value is -2.62. The fourth-order valence-electron chi connectivity index (χ4n) is 2.86. The van der Waals surface area contributed by atoms with Gasteiger partial charge in [0.05, 0.1) is 0 Å². The second-order valence-corrected chi connectivity index (χ2v) is 6.90. The first-order valence-electron chi connectivity index (χ1n) is 9.02. The van der Waals surface area contributed by atoms with Crippen LogP contribution in [0.2, 0.25) is 0 Å². The molecule has 0 aromatic heterocycles. The summed E-state index contributed by atoms with van der Waals surface area (Å²) in [4.78, 5) is 28.5. The van der Waals surface area contributed by atoms with Gasteiger partial charge in [0.25, 0.3) is 0 Å². The van der Waals surface area contributed by atoms with Crippen molar-refractivity contribution in [1.29, 1.82) is 0 Å². The molecule has 2 amide bonds. The Kier molecular flexibility index (Phi) is 6.96. The van der Waals surface area contributed by atoms with E-state index in [9.17, 15) is 9.59 Å². The molecule has 0 aliphatic carbocycles. The first-order chi connectivity index (χ1) is 12.4. The lowest BCUT2D eigenvalue weighted by Crippen LogP contribution is -2.44. The molecule has 2 aromatic carbocycles. The van der Waals surface area contributed by atoms with Gasteiger partial charge in [0.15, 0.2) is 0 Å². The maximum atomic E-state index is 12.9. The topological polar surface area (TPSA) is 40.6 Å². The molecule has 26 heavy (non-hydrogen) atoms. The standard InChI is InChI=1S/C22H28N2O2/c1-17(2)24(14-20-11-6-5-7-12-20)22(26)16-23(19(4)25)15-21-13-9-8-10-18(21)3/h5-13,17H,14-16H2,1-4H3. The molecule has 4 heteroatoms. The van der Waals surface area contributed by atoms with Gasteiger partial charge in [0.1, 0.15) is 6.54 Å². The molecule has 0 aliphatic heterocycles. The lowest BCUT2D eigenvalue weighted by atomic mass is 10.1.